The van der Waals surface area contributed by atoms with Crippen LogP contribution in [0.1, 0.15) is 18.4 Å². The van der Waals surface area contributed by atoms with E-state index in [2.05, 4.69) is 4.98 Å². The lowest BCUT2D eigenvalue weighted by Gasteiger charge is -2.32. The Balaban J connectivity index is 2.13. The zero-order valence-electron chi connectivity index (χ0n) is 9.07. The van der Waals surface area contributed by atoms with Crippen LogP contribution < -0.4 is 0 Å². The van der Waals surface area contributed by atoms with Crippen LogP contribution in [-0.4, -0.2) is 23.3 Å². The van der Waals surface area contributed by atoms with Crippen molar-refractivity contribution in [3.05, 3.63) is 36.0 Å². The molecule has 16 heavy (non-hydrogen) atoms. The largest absolute Gasteiger partial charge is 0.383 e. The van der Waals surface area contributed by atoms with E-state index in [1.54, 1.807) is 0 Å². The number of ether oxygens (including phenoxy) is 1. The molecular weight excluding hydrogens is 202 g/mol. The van der Waals surface area contributed by atoms with Gasteiger partial charge >= 0.3 is 0 Å². The van der Waals surface area contributed by atoms with Crippen molar-refractivity contribution in [2.75, 3.05) is 13.2 Å². The predicted octanol–water partition coefficient (Wildman–Crippen LogP) is 2.17. The fourth-order valence-corrected chi connectivity index (χ4v) is 2.48. The Kier molecular flexibility index (Phi) is 2.23. The van der Waals surface area contributed by atoms with Crippen molar-refractivity contribution in [3.63, 3.8) is 0 Å². The van der Waals surface area contributed by atoms with Crippen LogP contribution in [0.2, 0.25) is 0 Å². The monoisotopic (exact) mass is 217 g/mol. The van der Waals surface area contributed by atoms with Crippen molar-refractivity contribution >= 4 is 10.9 Å². The summed E-state index contributed by atoms with van der Waals surface area (Å²) >= 11 is 0. The van der Waals surface area contributed by atoms with E-state index in [1.807, 2.05) is 30.5 Å². The summed E-state index contributed by atoms with van der Waals surface area (Å²) in [6, 6.07) is 7.99. The van der Waals surface area contributed by atoms with E-state index < -0.39 is 5.60 Å². The van der Waals surface area contributed by atoms with Crippen LogP contribution in [-0.2, 0) is 10.3 Å². The number of hydrogen-bond donors (Lipinski definition) is 2. The molecule has 1 fully saturated rings. The number of aromatic nitrogens is 1. The number of benzene rings is 1. The van der Waals surface area contributed by atoms with Crippen LogP contribution in [0, 0.1) is 0 Å². The van der Waals surface area contributed by atoms with Gasteiger partial charge in [-0.2, -0.15) is 0 Å². The molecule has 3 heteroatoms. The highest BCUT2D eigenvalue weighted by Gasteiger charge is 2.33. The number of hydrogen-bond acceptors (Lipinski definition) is 2. The molecule has 1 aromatic heterocycles. The summed E-state index contributed by atoms with van der Waals surface area (Å²) in [5.74, 6) is 0. The summed E-state index contributed by atoms with van der Waals surface area (Å²) in [7, 11) is 0. The van der Waals surface area contributed by atoms with E-state index in [9.17, 15) is 5.11 Å². The van der Waals surface area contributed by atoms with Gasteiger partial charge < -0.3 is 14.8 Å². The van der Waals surface area contributed by atoms with Crippen molar-refractivity contribution < 1.29 is 9.84 Å². The first kappa shape index (κ1) is 9.87. The van der Waals surface area contributed by atoms with Gasteiger partial charge in [-0.15, -0.1) is 0 Å². The van der Waals surface area contributed by atoms with E-state index in [1.165, 1.54) is 0 Å². The number of aliphatic hydroxyl groups is 1. The Morgan fingerprint density at radius 3 is 3.06 bits per heavy atom. The molecule has 3 rings (SSSR count). The molecule has 0 radical (unpaired) electrons. The number of rotatable bonds is 1. The third-order valence-electron chi connectivity index (χ3n) is 3.32. The first-order valence-corrected chi connectivity index (χ1v) is 5.66. The Labute approximate surface area is 94.0 Å². The molecule has 2 N–H and O–H groups in total. The SMILES string of the molecule is OC1(c2cccc3[nH]ccc23)CCCOC1. The second-order valence-corrected chi connectivity index (χ2v) is 4.43. The summed E-state index contributed by atoms with van der Waals surface area (Å²) in [5.41, 5.74) is 1.22. The predicted molar refractivity (Wildman–Crippen MR) is 62.2 cm³/mol. The van der Waals surface area contributed by atoms with Gasteiger partial charge in [0.1, 0.15) is 5.60 Å². The molecule has 0 aliphatic carbocycles. The molecule has 1 aliphatic rings. The average Bonchev–Trinajstić information content (AvgIpc) is 2.77. The van der Waals surface area contributed by atoms with E-state index >= 15 is 0 Å². The van der Waals surface area contributed by atoms with Gasteiger partial charge in [-0.05, 0) is 30.5 Å². The highest BCUT2D eigenvalue weighted by molar-refractivity contribution is 5.83. The lowest BCUT2D eigenvalue weighted by molar-refractivity contribution is -0.0893. The highest BCUT2D eigenvalue weighted by Crippen LogP contribution is 2.34. The van der Waals surface area contributed by atoms with Crippen LogP contribution in [0.15, 0.2) is 30.5 Å². The molecule has 84 valence electrons. The molecule has 1 unspecified atom stereocenters. The highest BCUT2D eigenvalue weighted by atomic mass is 16.5. The minimum atomic E-state index is -0.819. The van der Waals surface area contributed by atoms with Gasteiger partial charge in [-0.25, -0.2) is 0 Å². The zero-order chi connectivity index (χ0) is 11.0. The van der Waals surface area contributed by atoms with Crippen molar-refractivity contribution in [3.8, 4) is 0 Å². The van der Waals surface area contributed by atoms with Gasteiger partial charge in [-0.1, -0.05) is 12.1 Å². The van der Waals surface area contributed by atoms with Crippen molar-refractivity contribution in [2.45, 2.75) is 18.4 Å². The Bertz CT molecular complexity index is 497. The molecule has 2 aromatic rings. The second kappa shape index (κ2) is 3.61. The smallest absolute Gasteiger partial charge is 0.114 e. The molecule has 0 amide bonds. The molecular formula is C13H15NO2. The molecule has 1 atom stereocenters. The normalized spacial score (nSPS) is 26.1. The maximum absolute atomic E-state index is 10.6. The van der Waals surface area contributed by atoms with Gasteiger partial charge in [0.15, 0.2) is 0 Å². The fourth-order valence-electron chi connectivity index (χ4n) is 2.48. The molecule has 0 spiro atoms. The van der Waals surface area contributed by atoms with Crippen molar-refractivity contribution in [1.29, 1.82) is 0 Å². The number of fused-ring (bicyclic) bond motifs is 1. The Hall–Kier alpha value is -1.32. The lowest BCUT2D eigenvalue weighted by atomic mass is 9.86. The molecule has 1 saturated heterocycles. The van der Waals surface area contributed by atoms with Crippen molar-refractivity contribution in [2.24, 2.45) is 0 Å². The second-order valence-electron chi connectivity index (χ2n) is 4.43. The first-order chi connectivity index (χ1) is 7.80. The minimum Gasteiger partial charge on any atom is -0.383 e. The first-order valence-electron chi connectivity index (χ1n) is 5.66. The summed E-state index contributed by atoms with van der Waals surface area (Å²) in [6.07, 6.45) is 3.59. The van der Waals surface area contributed by atoms with Crippen molar-refractivity contribution in [1.82, 2.24) is 4.98 Å². The summed E-state index contributed by atoms with van der Waals surface area (Å²) in [4.78, 5) is 3.16. The summed E-state index contributed by atoms with van der Waals surface area (Å²) in [6.45, 7) is 1.16. The third-order valence-corrected chi connectivity index (χ3v) is 3.32. The average molecular weight is 217 g/mol. The summed E-state index contributed by atoms with van der Waals surface area (Å²) < 4.78 is 5.40. The zero-order valence-corrected chi connectivity index (χ0v) is 9.07. The maximum Gasteiger partial charge on any atom is 0.114 e. The molecule has 0 bridgehead atoms. The Morgan fingerprint density at radius 1 is 1.31 bits per heavy atom. The minimum absolute atomic E-state index is 0.400. The number of nitrogens with one attached hydrogen (secondary N) is 1. The van der Waals surface area contributed by atoms with Gasteiger partial charge in [0.2, 0.25) is 0 Å². The fraction of sp³-hybridized carbons (Fsp3) is 0.385. The number of aromatic amines is 1. The topological polar surface area (TPSA) is 45.2 Å². The molecule has 2 heterocycles. The maximum atomic E-state index is 10.6. The Morgan fingerprint density at radius 2 is 2.25 bits per heavy atom. The molecule has 1 aliphatic heterocycles. The third kappa shape index (κ3) is 1.44. The lowest BCUT2D eigenvalue weighted by Crippen LogP contribution is -2.35. The number of H-pyrrole nitrogens is 1. The van der Waals surface area contributed by atoms with Gasteiger partial charge in [-0.3, -0.25) is 0 Å². The molecule has 1 aromatic carbocycles. The molecule has 0 saturated carbocycles. The van der Waals surface area contributed by atoms with Crippen LogP contribution in [0.25, 0.3) is 10.9 Å². The van der Waals surface area contributed by atoms with E-state index in [0.717, 1.165) is 35.9 Å². The van der Waals surface area contributed by atoms with E-state index in [-0.39, 0.29) is 0 Å². The quantitative estimate of drug-likeness (QED) is 0.769. The van der Waals surface area contributed by atoms with Gasteiger partial charge in [0.25, 0.3) is 0 Å². The summed E-state index contributed by atoms with van der Waals surface area (Å²) in [5, 5.41) is 11.7. The van der Waals surface area contributed by atoms with Crippen LogP contribution in [0.5, 0.6) is 0 Å². The van der Waals surface area contributed by atoms with Crippen LogP contribution >= 0.6 is 0 Å². The molecule has 3 nitrogen and oxygen atoms in total. The standard InChI is InChI=1S/C13H15NO2/c15-13(6-2-8-16-9-13)11-3-1-4-12-10(11)5-7-14-12/h1,3-5,7,14-15H,2,6,8-9H2. The van der Waals surface area contributed by atoms with Crippen LogP contribution in [0.3, 0.4) is 0 Å². The van der Waals surface area contributed by atoms with Gasteiger partial charge in [0, 0.05) is 23.7 Å². The van der Waals surface area contributed by atoms with E-state index in [0.29, 0.717) is 6.61 Å². The van der Waals surface area contributed by atoms with E-state index in [4.69, 9.17) is 4.74 Å². The van der Waals surface area contributed by atoms with Gasteiger partial charge in [0.05, 0.1) is 6.61 Å². The van der Waals surface area contributed by atoms with Crippen LogP contribution in [0.4, 0.5) is 0 Å².